The monoisotopic (exact) mass is 307 g/mol. The quantitative estimate of drug-likeness (QED) is 0.891. The lowest BCUT2D eigenvalue weighted by Gasteiger charge is -2.31. The van der Waals surface area contributed by atoms with Gasteiger partial charge in [-0.15, -0.1) is 0 Å². The number of nitrogens with zero attached hydrogens (tertiary/aromatic N) is 2. The van der Waals surface area contributed by atoms with Crippen molar-refractivity contribution in [2.24, 2.45) is 13.0 Å². The molecule has 0 radical (unpaired) electrons. The van der Waals surface area contributed by atoms with Gasteiger partial charge in [-0.1, -0.05) is 0 Å². The molecule has 22 heavy (non-hydrogen) atoms. The van der Waals surface area contributed by atoms with Gasteiger partial charge in [0.15, 0.2) is 5.79 Å². The number of rotatable bonds is 5. The SMILES string of the molecule is Cn1ccnc1C(NCC1COC2(CCOCC2)O1)C1CC1. The van der Waals surface area contributed by atoms with Crippen molar-refractivity contribution in [2.45, 2.75) is 43.6 Å². The van der Waals surface area contributed by atoms with Crippen molar-refractivity contribution in [1.29, 1.82) is 0 Å². The van der Waals surface area contributed by atoms with Crippen LogP contribution in [0.4, 0.5) is 0 Å². The van der Waals surface area contributed by atoms with Crippen LogP contribution in [0.3, 0.4) is 0 Å². The number of nitrogens with one attached hydrogen (secondary N) is 1. The summed E-state index contributed by atoms with van der Waals surface area (Å²) in [6, 6.07) is 0.329. The fraction of sp³-hybridized carbons (Fsp3) is 0.812. The molecule has 6 nitrogen and oxygen atoms in total. The smallest absolute Gasteiger partial charge is 0.173 e. The zero-order chi connectivity index (χ0) is 15.0. The number of imidazole rings is 1. The van der Waals surface area contributed by atoms with Crippen LogP contribution in [0.15, 0.2) is 12.4 Å². The highest BCUT2D eigenvalue weighted by Crippen LogP contribution is 2.40. The zero-order valence-electron chi connectivity index (χ0n) is 13.2. The summed E-state index contributed by atoms with van der Waals surface area (Å²) in [4.78, 5) is 4.52. The number of hydrogen-bond donors (Lipinski definition) is 1. The van der Waals surface area contributed by atoms with Crippen molar-refractivity contribution in [3.8, 4) is 0 Å². The average Bonchev–Trinajstić information content (AvgIpc) is 3.17. The summed E-state index contributed by atoms with van der Waals surface area (Å²) in [7, 11) is 2.06. The highest BCUT2D eigenvalue weighted by molar-refractivity contribution is 5.04. The van der Waals surface area contributed by atoms with E-state index in [0.717, 1.165) is 38.4 Å². The van der Waals surface area contributed by atoms with Gasteiger partial charge in [0, 0.05) is 38.8 Å². The van der Waals surface area contributed by atoms with E-state index in [9.17, 15) is 0 Å². The molecule has 3 heterocycles. The largest absolute Gasteiger partial charge is 0.381 e. The second-order valence-electron chi connectivity index (χ2n) is 6.69. The summed E-state index contributed by atoms with van der Waals surface area (Å²) in [5.41, 5.74) is 0. The second kappa shape index (κ2) is 5.92. The Bertz CT molecular complexity index is 508. The van der Waals surface area contributed by atoms with E-state index in [1.807, 2.05) is 12.4 Å². The fourth-order valence-corrected chi connectivity index (χ4v) is 3.50. The third-order valence-corrected chi connectivity index (χ3v) is 4.96. The fourth-order valence-electron chi connectivity index (χ4n) is 3.50. The number of ether oxygens (including phenoxy) is 3. The molecule has 6 heteroatoms. The van der Waals surface area contributed by atoms with Gasteiger partial charge in [-0.05, 0) is 18.8 Å². The van der Waals surface area contributed by atoms with Crippen molar-refractivity contribution in [3.63, 3.8) is 0 Å². The lowest BCUT2D eigenvalue weighted by atomic mass is 10.1. The van der Waals surface area contributed by atoms with Gasteiger partial charge in [0.05, 0.1) is 32.0 Å². The van der Waals surface area contributed by atoms with Crippen LogP contribution in [0.1, 0.15) is 37.5 Å². The van der Waals surface area contributed by atoms with Crippen LogP contribution in [0.25, 0.3) is 0 Å². The Morgan fingerprint density at radius 3 is 2.91 bits per heavy atom. The summed E-state index contributed by atoms with van der Waals surface area (Å²) in [5, 5.41) is 3.67. The molecule has 2 aliphatic heterocycles. The Morgan fingerprint density at radius 1 is 1.41 bits per heavy atom. The van der Waals surface area contributed by atoms with Gasteiger partial charge in [0.2, 0.25) is 0 Å². The van der Waals surface area contributed by atoms with Gasteiger partial charge in [-0.3, -0.25) is 0 Å². The predicted molar refractivity (Wildman–Crippen MR) is 80.3 cm³/mol. The Labute approximate surface area is 131 Å². The third kappa shape index (κ3) is 2.93. The minimum absolute atomic E-state index is 0.125. The van der Waals surface area contributed by atoms with Crippen LogP contribution in [-0.2, 0) is 21.3 Å². The van der Waals surface area contributed by atoms with Gasteiger partial charge in [-0.2, -0.15) is 0 Å². The van der Waals surface area contributed by atoms with Crippen LogP contribution in [0.5, 0.6) is 0 Å². The molecule has 1 N–H and O–H groups in total. The number of aryl methyl sites for hydroxylation is 1. The Kier molecular flexibility index (Phi) is 3.94. The number of hydrogen-bond acceptors (Lipinski definition) is 5. The Balaban J connectivity index is 1.35. The van der Waals surface area contributed by atoms with E-state index < -0.39 is 0 Å². The van der Waals surface area contributed by atoms with Crippen molar-refractivity contribution in [3.05, 3.63) is 18.2 Å². The van der Waals surface area contributed by atoms with E-state index >= 15 is 0 Å². The first-order valence-corrected chi connectivity index (χ1v) is 8.36. The summed E-state index contributed by atoms with van der Waals surface area (Å²) >= 11 is 0. The van der Waals surface area contributed by atoms with E-state index in [4.69, 9.17) is 14.2 Å². The summed E-state index contributed by atoms with van der Waals surface area (Å²) in [5.74, 6) is 1.45. The highest BCUT2D eigenvalue weighted by Gasteiger charge is 2.43. The van der Waals surface area contributed by atoms with E-state index in [-0.39, 0.29) is 11.9 Å². The van der Waals surface area contributed by atoms with Crippen molar-refractivity contribution < 1.29 is 14.2 Å². The van der Waals surface area contributed by atoms with Crippen LogP contribution in [-0.4, -0.2) is 47.8 Å². The maximum atomic E-state index is 6.20. The van der Waals surface area contributed by atoms with Crippen LogP contribution in [0, 0.1) is 5.92 Å². The minimum atomic E-state index is -0.386. The van der Waals surface area contributed by atoms with E-state index in [0.29, 0.717) is 18.6 Å². The van der Waals surface area contributed by atoms with Gasteiger partial charge >= 0.3 is 0 Å². The molecule has 1 spiro atoms. The first-order valence-electron chi connectivity index (χ1n) is 8.36. The molecule has 2 unspecified atom stereocenters. The predicted octanol–water partition coefficient (Wildman–Crippen LogP) is 1.38. The molecule has 4 rings (SSSR count). The molecule has 1 saturated carbocycles. The zero-order valence-corrected chi connectivity index (χ0v) is 13.2. The highest BCUT2D eigenvalue weighted by atomic mass is 16.7. The molecule has 2 atom stereocenters. The van der Waals surface area contributed by atoms with E-state index in [2.05, 4.69) is 21.9 Å². The minimum Gasteiger partial charge on any atom is -0.381 e. The van der Waals surface area contributed by atoms with Gasteiger partial charge in [0.1, 0.15) is 5.82 Å². The molecule has 1 aliphatic carbocycles. The molecule has 122 valence electrons. The van der Waals surface area contributed by atoms with Gasteiger partial charge < -0.3 is 24.1 Å². The molecule has 3 fully saturated rings. The third-order valence-electron chi connectivity index (χ3n) is 4.96. The maximum Gasteiger partial charge on any atom is 0.173 e. The molecule has 3 aliphatic rings. The molecule has 1 aromatic heterocycles. The summed E-state index contributed by atoms with van der Waals surface area (Å²) in [6.45, 7) is 2.96. The standard InChI is InChI=1S/C16H25N3O3/c1-19-7-6-17-15(19)14(12-2-3-12)18-10-13-11-21-16(22-13)4-8-20-9-5-16/h6-7,12-14,18H,2-5,8-11H2,1H3. The van der Waals surface area contributed by atoms with Crippen LogP contribution < -0.4 is 5.32 Å². The average molecular weight is 307 g/mol. The first kappa shape index (κ1) is 14.6. The van der Waals surface area contributed by atoms with Gasteiger partial charge in [0.25, 0.3) is 0 Å². The Hall–Kier alpha value is -0.950. The van der Waals surface area contributed by atoms with Crippen LogP contribution >= 0.6 is 0 Å². The molecule has 2 saturated heterocycles. The first-order chi connectivity index (χ1) is 10.8. The molecule has 0 bridgehead atoms. The van der Waals surface area contributed by atoms with Crippen molar-refractivity contribution in [2.75, 3.05) is 26.4 Å². The maximum absolute atomic E-state index is 6.20. The second-order valence-corrected chi connectivity index (χ2v) is 6.69. The lowest BCUT2D eigenvalue weighted by Crippen LogP contribution is -2.39. The van der Waals surface area contributed by atoms with Crippen molar-refractivity contribution >= 4 is 0 Å². The normalized spacial score (nSPS) is 29.0. The summed E-state index contributed by atoms with van der Waals surface area (Å²) in [6.07, 6.45) is 8.27. The Morgan fingerprint density at radius 2 is 2.23 bits per heavy atom. The van der Waals surface area contributed by atoms with E-state index in [1.165, 1.54) is 12.8 Å². The summed E-state index contributed by atoms with van der Waals surface area (Å²) < 4.78 is 19.7. The molecule has 1 aromatic rings. The van der Waals surface area contributed by atoms with Crippen molar-refractivity contribution in [1.82, 2.24) is 14.9 Å². The molecule has 0 amide bonds. The van der Waals surface area contributed by atoms with E-state index in [1.54, 1.807) is 0 Å². The lowest BCUT2D eigenvalue weighted by molar-refractivity contribution is -0.210. The van der Waals surface area contributed by atoms with Crippen LogP contribution in [0.2, 0.25) is 0 Å². The molecular weight excluding hydrogens is 282 g/mol. The topological polar surface area (TPSA) is 57.5 Å². The van der Waals surface area contributed by atoms with Gasteiger partial charge in [-0.25, -0.2) is 4.98 Å². The number of aromatic nitrogens is 2. The molecule has 0 aromatic carbocycles. The molecular formula is C16H25N3O3.